The maximum absolute atomic E-state index is 12.0. The molecule has 1 atom stereocenters. The second-order valence-corrected chi connectivity index (χ2v) is 4.62. The third kappa shape index (κ3) is 2.45. The molecule has 2 rings (SSSR count). The molecule has 18 heavy (non-hydrogen) atoms. The van der Waals surface area contributed by atoms with Crippen molar-refractivity contribution in [3.63, 3.8) is 0 Å². The van der Waals surface area contributed by atoms with E-state index in [4.69, 9.17) is 0 Å². The van der Waals surface area contributed by atoms with Crippen LogP contribution in [0.15, 0.2) is 18.2 Å². The molecule has 1 N–H and O–H groups in total. The monoisotopic (exact) mass is 248 g/mol. The number of nitrogens with zero attached hydrogens (tertiary/aromatic N) is 1. The minimum atomic E-state index is -1.22. The summed E-state index contributed by atoms with van der Waals surface area (Å²) >= 11 is 0. The zero-order valence-corrected chi connectivity index (χ0v) is 10.0. The summed E-state index contributed by atoms with van der Waals surface area (Å²) in [5.74, 6) is -1.86. The van der Waals surface area contributed by atoms with Crippen LogP contribution in [0.1, 0.15) is 17.5 Å². The number of phenolic OH excluding ortho intramolecular Hbond substituents is 1. The largest absolute Gasteiger partial charge is 0.550 e. The van der Waals surface area contributed by atoms with Gasteiger partial charge >= 0.3 is 0 Å². The van der Waals surface area contributed by atoms with E-state index < -0.39 is 11.9 Å². The zero-order chi connectivity index (χ0) is 13.3. The van der Waals surface area contributed by atoms with Gasteiger partial charge in [-0.2, -0.15) is 0 Å². The first-order valence-corrected chi connectivity index (χ1v) is 5.73. The van der Waals surface area contributed by atoms with E-state index >= 15 is 0 Å². The lowest BCUT2D eigenvalue weighted by Crippen LogP contribution is -2.35. The summed E-state index contributed by atoms with van der Waals surface area (Å²) < 4.78 is 0. The maximum atomic E-state index is 12.0. The molecule has 0 bridgehead atoms. The zero-order valence-electron chi connectivity index (χ0n) is 10.0. The molecule has 1 aliphatic rings. The van der Waals surface area contributed by atoms with Crippen molar-refractivity contribution in [3.05, 3.63) is 29.3 Å². The van der Waals surface area contributed by atoms with Crippen LogP contribution in [0.2, 0.25) is 0 Å². The quantitative estimate of drug-likeness (QED) is 0.776. The molecule has 0 spiro atoms. The van der Waals surface area contributed by atoms with Crippen molar-refractivity contribution in [2.75, 3.05) is 7.05 Å². The van der Waals surface area contributed by atoms with Crippen LogP contribution in [0, 0.1) is 5.92 Å². The van der Waals surface area contributed by atoms with Crippen molar-refractivity contribution in [1.29, 1.82) is 0 Å². The molecule has 1 heterocycles. The highest BCUT2D eigenvalue weighted by Gasteiger charge is 2.27. The van der Waals surface area contributed by atoms with Crippen LogP contribution in [0.3, 0.4) is 0 Å². The van der Waals surface area contributed by atoms with Crippen LogP contribution in [-0.4, -0.2) is 28.9 Å². The number of carbonyl (C=O) groups is 2. The number of aliphatic carboxylic acids is 1. The highest BCUT2D eigenvalue weighted by atomic mass is 16.4. The SMILES string of the molecule is CN1Cc2cc(O)ccc2CC(CC(=O)[O-])C1=O. The van der Waals surface area contributed by atoms with Crippen molar-refractivity contribution in [1.82, 2.24) is 4.90 Å². The fourth-order valence-corrected chi connectivity index (χ4v) is 2.32. The second-order valence-electron chi connectivity index (χ2n) is 4.62. The Labute approximate surface area is 105 Å². The van der Waals surface area contributed by atoms with Crippen LogP contribution in [0.25, 0.3) is 0 Å². The normalized spacial score (nSPS) is 19.3. The highest BCUT2D eigenvalue weighted by Crippen LogP contribution is 2.26. The first-order valence-electron chi connectivity index (χ1n) is 5.73. The molecular formula is C13H14NO4-. The summed E-state index contributed by atoms with van der Waals surface area (Å²) in [5, 5.41) is 20.1. The van der Waals surface area contributed by atoms with Gasteiger partial charge in [0.1, 0.15) is 5.75 Å². The molecule has 1 aromatic rings. The topological polar surface area (TPSA) is 80.7 Å². The summed E-state index contributed by atoms with van der Waals surface area (Å²) in [4.78, 5) is 24.2. The van der Waals surface area contributed by atoms with Gasteiger partial charge in [-0.25, -0.2) is 0 Å². The van der Waals surface area contributed by atoms with Gasteiger partial charge in [0.05, 0.1) is 0 Å². The molecule has 1 unspecified atom stereocenters. The molecule has 0 saturated carbocycles. The number of benzene rings is 1. The van der Waals surface area contributed by atoms with Crippen molar-refractivity contribution < 1.29 is 19.8 Å². The predicted octanol–water partition coefficient (Wildman–Crippen LogP) is -0.337. The van der Waals surface area contributed by atoms with Crippen LogP contribution in [-0.2, 0) is 22.6 Å². The summed E-state index contributed by atoms with van der Waals surface area (Å²) in [6, 6.07) is 4.89. The van der Waals surface area contributed by atoms with Gasteiger partial charge < -0.3 is 19.9 Å². The summed E-state index contributed by atoms with van der Waals surface area (Å²) in [6.07, 6.45) is 0.0935. The van der Waals surface area contributed by atoms with E-state index in [2.05, 4.69) is 0 Å². The molecule has 0 saturated heterocycles. The standard InChI is InChI=1S/C13H15NO4/c1-14-7-10-5-11(15)3-2-8(10)4-9(13(14)18)6-12(16)17/h2-3,5,9,15H,4,6-7H2,1H3,(H,16,17)/p-1. The number of carboxylic acids is 1. The fraction of sp³-hybridized carbons (Fsp3) is 0.385. The number of aromatic hydroxyl groups is 1. The number of amides is 1. The Bertz CT molecular complexity index is 498. The van der Waals surface area contributed by atoms with Crippen LogP contribution in [0.4, 0.5) is 0 Å². The molecule has 0 radical (unpaired) electrons. The van der Waals surface area contributed by atoms with E-state index in [0.29, 0.717) is 13.0 Å². The predicted molar refractivity (Wildman–Crippen MR) is 61.4 cm³/mol. The van der Waals surface area contributed by atoms with Crippen molar-refractivity contribution in [3.8, 4) is 5.75 Å². The Morgan fingerprint density at radius 3 is 2.89 bits per heavy atom. The van der Waals surface area contributed by atoms with Gasteiger partial charge in [-0.1, -0.05) is 6.07 Å². The Morgan fingerprint density at radius 1 is 1.50 bits per heavy atom. The molecule has 1 aromatic carbocycles. The molecule has 1 amide bonds. The molecule has 5 heteroatoms. The first kappa shape index (κ1) is 12.4. The summed E-state index contributed by atoms with van der Waals surface area (Å²) in [5.41, 5.74) is 1.75. The molecule has 0 aromatic heterocycles. The molecular weight excluding hydrogens is 234 g/mol. The number of hydrogen-bond donors (Lipinski definition) is 1. The third-order valence-corrected chi connectivity index (χ3v) is 3.20. The van der Waals surface area contributed by atoms with Gasteiger partial charge in [0.25, 0.3) is 0 Å². The lowest BCUT2D eigenvalue weighted by molar-refractivity contribution is -0.306. The van der Waals surface area contributed by atoms with Crippen LogP contribution in [0.5, 0.6) is 5.75 Å². The Kier molecular flexibility index (Phi) is 3.23. The smallest absolute Gasteiger partial charge is 0.226 e. The highest BCUT2D eigenvalue weighted by molar-refractivity contribution is 5.83. The van der Waals surface area contributed by atoms with Crippen molar-refractivity contribution in [2.24, 2.45) is 5.92 Å². The third-order valence-electron chi connectivity index (χ3n) is 3.20. The molecule has 96 valence electrons. The average Bonchev–Trinajstić information content (AvgIpc) is 2.39. The number of phenols is 1. The number of hydrogen-bond acceptors (Lipinski definition) is 4. The molecule has 1 aliphatic heterocycles. The minimum absolute atomic E-state index is 0.146. The number of carboxylic acid groups (broad SMARTS) is 1. The minimum Gasteiger partial charge on any atom is -0.550 e. The van der Waals surface area contributed by atoms with E-state index in [1.165, 1.54) is 4.90 Å². The summed E-state index contributed by atoms with van der Waals surface area (Å²) in [6.45, 7) is 0.381. The molecule has 0 fully saturated rings. The van der Waals surface area contributed by atoms with Gasteiger partial charge in [0, 0.05) is 25.5 Å². The fourth-order valence-electron chi connectivity index (χ4n) is 2.32. The molecule has 0 aliphatic carbocycles. The van der Waals surface area contributed by atoms with Gasteiger partial charge in [0.15, 0.2) is 0 Å². The van der Waals surface area contributed by atoms with Gasteiger partial charge in [0.2, 0.25) is 5.91 Å². The average molecular weight is 248 g/mol. The lowest BCUT2D eigenvalue weighted by atomic mass is 9.94. The number of rotatable bonds is 2. The van der Waals surface area contributed by atoms with E-state index in [1.807, 2.05) is 0 Å². The maximum Gasteiger partial charge on any atom is 0.226 e. The van der Waals surface area contributed by atoms with Crippen molar-refractivity contribution in [2.45, 2.75) is 19.4 Å². The Balaban J connectivity index is 2.34. The van der Waals surface area contributed by atoms with Gasteiger partial charge in [-0.15, -0.1) is 0 Å². The second kappa shape index (κ2) is 4.68. The molecule has 5 nitrogen and oxygen atoms in total. The first-order chi connectivity index (χ1) is 8.47. The number of fused-ring (bicyclic) bond motifs is 1. The van der Waals surface area contributed by atoms with Crippen molar-refractivity contribution >= 4 is 11.9 Å². The lowest BCUT2D eigenvalue weighted by Gasteiger charge is -2.20. The summed E-state index contributed by atoms with van der Waals surface area (Å²) in [7, 11) is 1.63. The number of carbonyl (C=O) groups excluding carboxylic acids is 2. The van der Waals surface area contributed by atoms with E-state index in [-0.39, 0.29) is 18.1 Å². The van der Waals surface area contributed by atoms with E-state index in [9.17, 15) is 19.8 Å². The van der Waals surface area contributed by atoms with Crippen LogP contribution < -0.4 is 5.11 Å². The van der Waals surface area contributed by atoms with Crippen LogP contribution >= 0.6 is 0 Å². The van der Waals surface area contributed by atoms with E-state index in [0.717, 1.165) is 11.1 Å². The van der Waals surface area contributed by atoms with Gasteiger partial charge in [-0.3, -0.25) is 4.79 Å². The Morgan fingerprint density at radius 2 is 2.22 bits per heavy atom. The van der Waals surface area contributed by atoms with E-state index in [1.54, 1.807) is 25.2 Å². The van der Waals surface area contributed by atoms with Gasteiger partial charge in [-0.05, 0) is 36.1 Å². The Hall–Kier alpha value is -2.04.